The Morgan fingerprint density at radius 3 is 2.49 bits per heavy atom. The van der Waals surface area contributed by atoms with E-state index >= 15 is 8.78 Å². The third-order valence-corrected chi connectivity index (χ3v) is 11.3. The van der Waals surface area contributed by atoms with Gasteiger partial charge in [0.1, 0.15) is 6.17 Å². The number of rotatable bonds is 4. The Kier molecular flexibility index (Phi) is 6.58. The first-order chi connectivity index (χ1) is 17.3. The van der Waals surface area contributed by atoms with Gasteiger partial charge in [0.15, 0.2) is 17.1 Å². The zero-order chi connectivity index (χ0) is 27.0. The van der Waals surface area contributed by atoms with E-state index in [9.17, 15) is 19.5 Å². The van der Waals surface area contributed by atoms with E-state index in [1.807, 2.05) is 0 Å². The van der Waals surface area contributed by atoms with Gasteiger partial charge in [-0.2, -0.15) is 0 Å². The normalized spacial score (nSPS) is 47.5. The lowest BCUT2D eigenvalue weighted by molar-refractivity contribution is -0.229. The maximum atomic E-state index is 17.4. The minimum atomic E-state index is -2.25. The Morgan fingerprint density at radius 1 is 1.16 bits per heavy atom. The molecule has 0 saturated heterocycles. The fraction of sp³-hybridized carbons (Fsp3) is 0.759. The van der Waals surface area contributed by atoms with Crippen LogP contribution in [0, 0.1) is 34.5 Å². The highest BCUT2D eigenvalue weighted by molar-refractivity contribution is 7.96. The molecule has 204 valence electrons. The largest absolute Gasteiger partial charge is 0.449 e. The number of allylic oxidation sites excluding steroid dienone is 4. The zero-order valence-corrected chi connectivity index (χ0v) is 22.7. The van der Waals surface area contributed by atoms with Gasteiger partial charge in [0.25, 0.3) is 0 Å². The molecule has 9 atom stereocenters. The van der Waals surface area contributed by atoms with Crippen molar-refractivity contribution in [3.05, 3.63) is 23.8 Å². The lowest BCUT2D eigenvalue weighted by Crippen LogP contribution is -2.70. The van der Waals surface area contributed by atoms with E-state index in [-0.39, 0.29) is 30.8 Å². The summed E-state index contributed by atoms with van der Waals surface area (Å²) >= 11 is 4.21. The SMILES string of the molecule is C[C@@H]1C[C@H]2[C@@H]3C[C@H](F)C4=CC(=O)C=C[C@]4(C)[C@@]3(F)[C@@H](O)C[C@]2(C)[C@@]1(OC(=O)CC1CCCCC1)C(=O)S. The molecule has 4 saturated carbocycles. The van der Waals surface area contributed by atoms with E-state index in [4.69, 9.17) is 4.74 Å². The first-order valence-corrected chi connectivity index (χ1v) is 14.2. The number of carbonyl (C=O) groups is 3. The second kappa shape index (κ2) is 9.00. The quantitative estimate of drug-likeness (QED) is 0.379. The Hall–Kier alpha value is -1.54. The van der Waals surface area contributed by atoms with Gasteiger partial charge >= 0.3 is 5.97 Å². The van der Waals surface area contributed by atoms with Crippen LogP contribution in [0.4, 0.5) is 8.78 Å². The van der Waals surface area contributed by atoms with Crippen LogP contribution in [0.1, 0.15) is 78.6 Å². The number of hydrogen-bond donors (Lipinski definition) is 2. The fourth-order valence-corrected chi connectivity index (χ4v) is 9.61. The van der Waals surface area contributed by atoms with Crippen molar-refractivity contribution >= 4 is 29.5 Å². The van der Waals surface area contributed by atoms with Crippen LogP contribution in [0.3, 0.4) is 0 Å². The van der Waals surface area contributed by atoms with E-state index in [0.29, 0.717) is 6.42 Å². The number of alkyl halides is 2. The van der Waals surface area contributed by atoms with Crippen molar-refractivity contribution in [2.75, 3.05) is 0 Å². The predicted octanol–water partition coefficient (Wildman–Crippen LogP) is 5.26. The maximum absolute atomic E-state index is 17.4. The molecule has 5 nitrogen and oxygen atoms in total. The van der Waals surface area contributed by atoms with Gasteiger partial charge < -0.3 is 9.84 Å². The van der Waals surface area contributed by atoms with Gasteiger partial charge in [-0.05, 0) is 68.6 Å². The smallest absolute Gasteiger partial charge is 0.307 e. The second-order valence-electron chi connectivity index (χ2n) is 12.7. The summed E-state index contributed by atoms with van der Waals surface area (Å²) in [5.41, 5.74) is -6.46. The number of aliphatic hydroxyl groups is 1. The molecule has 0 spiro atoms. The first-order valence-electron chi connectivity index (χ1n) is 13.7. The van der Waals surface area contributed by atoms with Crippen LogP contribution in [0.2, 0.25) is 0 Å². The van der Waals surface area contributed by atoms with Gasteiger partial charge in [-0.15, -0.1) is 12.6 Å². The Labute approximate surface area is 222 Å². The summed E-state index contributed by atoms with van der Waals surface area (Å²) < 4.78 is 39.1. The average molecular weight is 537 g/mol. The summed E-state index contributed by atoms with van der Waals surface area (Å²) in [6.07, 6.45) is 6.05. The number of hydrogen-bond acceptors (Lipinski definition) is 5. The van der Waals surface area contributed by atoms with Gasteiger partial charge in [-0.25, -0.2) is 8.78 Å². The van der Waals surface area contributed by atoms with Crippen LogP contribution in [-0.2, 0) is 19.1 Å². The van der Waals surface area contributed by atoms with E-state index in [1.54, 1.807) is 20.8 Å². The van der Waals surface area contributed by atoms with Gasteiger partial charge in [0, 0.05) is 29.1 Å². The van der Waals surface area contributed by atoms with Gasteiger partial charge in [-0.1, -0.05) is 39.2 Å². The van der Waals surface area contributed by atoms with E-state index < -0.39 is 69.0 Å². The van der Waals surface area contributed by atoms with E-state index in [2.05, 4.69) is 12.6 Å². The van der Waals surface area contributed by atoms with Crippen molar-refractivity contribution in [1.82, 2.24) is 0 Å². The molecule has 0 aromatic carbocycles. The lowest BCUT2D eigenvalue weighted by Gasteiger charge is -2.63. The zero-order valence-electron chi connectivity index (χ0n) is 21.8. The van der Waals surface area contributed by atoms with Crippen LogP contribution in [-0.4, -0.2) is 45.5 Å². The third-order valence-electron chi connectivity index (χ3n) is 10.9. The van der Waals surface area contributed by atoms with Crippen molar-refractivity contribution in [1.29, 1.82) is 0 Å². The van der Waals surface area contributed by atoms with E-state index in [0.717, 1.165) is 38.2 Å². The molecule has 0 bridgehead atoms. The van der Waals surface area contributed by atoms with Crippen LogP contribution in [0.25, 0.3) is 0 Å². The molecule has 8 heteroatoms. The number of ketones is 1. The number of carbonyl (C=O) groups excluding carboxylic acids is 3. The Bertz CT molecular complexity index is 1070. The summed E-state index contributed by atoms with van der Waals surface area (Å²) in [7, 11) is 0. The van der Waals surface area contributed by atoms with Gasteiger partial charge in [0.05, 0.1) is 6.10 Å². The summed E-state index contributed by atoms with van der Waals surface area (Å²) in [5.74, 6) is -2.61. The molecule has 1 N–H and O–H groups in total. The minimum absolute atomic E-state index is 0.0582. The fourth-order valence-electron chi connectivity index (χ4n) is 9.09. The number of aliphatic hydroxyl groups excluding tert-OH is 1. The van der Waals surface area contributed by atoms with Crippen molar-refractivity contribution in [2.45, 2.75) is 102 Å². The van der Waals surface area contributed by atoms with Crippen molar-refractivity contribution in [3.63, 3.8) is 0 Å². The Morgan fingerprint density at radius 2 is 1.84 bits per heavy atom. The van der Waals surface area contributed by atoms with Crippen LogP contribution in [0.5, 0.6) is 0 Å². The molecule has 5 rings (SSSR count). The molecule has 0 radical (unpaired) electrons. The summed E-state index contributed by atoms with van der Waals surface area (Å²) in [4.78, 5) is 38.5. The number of thiol groups is 1. The molecule has 0 aromatic rings. The topological polar surface area (TPSA) is 80.7 Å². The van der Waals surface area contributed by atoms with Crippen LogP contribution >= 0.6 is 12.6 Å². The number of halogens is 2. The van der Waals surface area contributed by atoms with E-state index in [1.165, 1.54) is 12.2 Å². The van der Waals surface area contributed by atoms with Gasteiger partial charge in [0.2, 0.25) is 5.12 Å². The number of fused-ring (bicyclic) bond motifs is 5. The molecule has 0 heterocycles. The molecule has 5 aliphatic rings. The second-order valence-corrected chi connectivity index (χ2v) is 13.1. The van der Waals surface area contributed by atoms with Crippen LogP contribution in [0.15, 0.2) is 23.8 Å². The molecule has 37 heavy (non-hydrogen) atoms. The first kappa shape index (κ1) is 27.0. The minimum Gasteiger partial charge on any atom is -0.449 e. The molecule has 4 fully saturated rings. The highest BCUT2D eigenvalue weighted by Gasteiger charge is 2.77. The molecule has 0 unspecified atom stereocenters. The maximum Gasteiger partial charge on any atom is 0.307 e. The molecular formula is C29H38F2O5S. The van der Waals surface area contributed by atoms with Crippen molar-refractivity contribution in [2.24, 2.45) is 34.5 Å². The summed E-state index contributed by atoms with van der Waals surface area (Å²) in [6, 6.07) is 0. The van der Waals surface area contributed by atoms with Gasteiger partial charge in [-0.3, -0.25) is 14.4 Å². The van der Waals surface area contributed by atoms with Crippen LogP contribution < -0.4 is 0 Å². The number of esters is 1. The Balaban J connectivity index is 1.53. The monoisotopic (exact) mass is 536 g/mol. The standard InChI is InChI=1S/C29H38F2O5S/c1-16-11-19-20-14-22(30)21-13-18(32)9-10-26(21,2)28(20,31)23(33)15-27(19,3)29(16,25(35)37)36-24(34)12-17-7-5-4-6-8-17/h9-10,13,16-17,19-20,22-23,33H,4-8,11-12,14-15H2,1-3H3,(H,35,37)/t16-,19+,20+,22+,23+,26+,27+,28+,29+/m1/s1. The molecule has 0 aromatic heterocycles. The highest BCUT2D eigenvalue weighted by Crippen LogP contribution is 2.71. The molecule has 0 amide bonds. The lowest BCUT2D eigenvalue weighted by atomic mass is 9.44. The molecule has 0 aliphatic heterocycles. The van der Waals surface area contributed by atoms with Crippen molar-refractivity contribution < 1.29 is 33.0 Å². The molecular weight excluding hydrogens is 498 g/mol. The highest BCUT2D eigenvalue weighted by atomic mass is 32.1. The average Bonchev–Trinajstić information content (AvgIpc) is 3.05. The summed E-state index contributed by atoms with van der Waals surface area (Å²) in [5, 5.41) is 10.9. The van der Waals surface area contributed by atoms with Crippen molar-refractivity contribution in [3.8, 4) is 0 Å². The molecule has 5 aliphatic carbocycles. The predicted molar refractivity (Wildman–Crippen MR) is 137 cm³/mol. The third kappa shape index (κ3) is 3.60. The summed E-state index contributed by atoms with van der Waals surface area (Å²) in [6.45, 7) is 5.12. The number of ether oxygens (including phenoxy) is 1.